The summed E-state index contributed by atoms with van der Waals surface area (Å²) in [5, 5.41) is 11.5. The molecular formula is C16H22FN3O5S. The summed E-state index contributed by atoms with van der Waals surface area (Å²) in [6.07, 6.45) is 0.349. The first-order chi connectivity index (χ1) is 11.9. The largest absolute Gasteiger partial charge is 0.481 e. The number of sulfonamides is 1. The first-order valence-corrected chi connectivity index (χ1v) is 9.49. The summed E-state index contributed by atoms with van der Waals surface area (Å²) in [4.78, 5) is 23.9. The van der Waals surface area contributed by atoms with Gasteiger partial charge in [0, 0.05) is 24.3 Å². The second-order valence-corrected chi connectivity index (χ2v) is 8.85. The highest BCUT2D eigenvalue weighted by molar-refractivity contribution is 7.89. The summed E-state index contributed by atoms with van der Waals surface area (Å²) in [5.41, 5.74) is -0.698. The van der Waals surface area contributed by atoms with Gasteiger partial charge in [-0.25, -0.2) is 22.3 Å². The zero-order valence-corrected chi connectivity index (χ0v) is 15.6. The molecule has 0 saturated carbocycles. The van der Waals surface area contributed by atoms with E-state index >= 15 is 0 Å². The summed E-state index contributed by atoms with van der Waals surface area (Å²) >= 11 is 0. The topological polar surface area (TPSA) is 116 Å². The zero-order valence-electron chi connectivity index (χ0n) is 14.7. The van der Waals surface area contributed by atoms with E-state index in [1.807, 2.05) is 0 Å². The lowest BCUT2D eigenvalue weighted by atomic mass is 10.1. The lowest BCUT2D eigenvalue weighted by Crippen LogP contribution is -2.40. The Kier molecular flexibility index (Phi) is 5.57. The van der Waals surface area contributed by atoms with Crippen LogP contribution in [0.4, 0.5) is 14.9 Å². The van der Waals surface area contributed by atoms with Crippen LogP contribution in [0.2, 0.25) is 0 Å². The number of hydrogen-bond acceptors (Lipinski definition) is 4. The third-order valence-electron chi connectivity index (χ3n) is 3.74. The monoisotopic (exact) mass is 387 g/mol. The van der Waals surface area contributed by atoms with Gasteiger partial charge in [0.15, 0.2) is 0 Å². The number of nitrogens with one attached hydrogen (secondary N) is 2. The quantitative estimate of drug-likeness (QED) is 0.729. The molecule has 1 heterocycles. The van der Waals surface area contributed by atoms with Gasteiger partial charge in [-0.05, 0) is 45.4 Å². The number of rotatable bonds is 4. The minimum atomic E-state index is -4.11. The molecule has 1 aromatic rings. The maximum Gasteiger partial charge on any atom is 0.321 e. The number of benzene rings is 1. The Morgan fingerprint density at radius 2 is 1.96 bits per heavy atom. The third-order valence-corrected chi connectivity index (χ3v) is 5.51. The Bertz CT molecular complexity index is 820. The van der Waals surface area contributed by atoms with Gasteiger partial charge >= 0.3 is 12.0 Å². The number of carboxylic acids is 1. The number of hydrogen-bond donors (Lipinski definition) is 3. The molecule has 0 aliphatic carbocycles. The average Bonchev–Trinajstić information content (AvgIpc) is 2.96. The highest BCUT2D eigenvalue weighted by Crippen LogP contribution is 2.23. The van der Waals surface area contributed by atoms with Crippen molar-refractivity contribution in [3.63, 3.8) is 0 Å². The van der Waals surface area contributed by atoms with Crippen LogP contribution < -0.4 is 10.0 Å². The van der Waals surface area contributed by atoms with Crippen molar-refractivity contribution in [3.8, 4) is 0 Å². The van der Waals surface area contributed by atoms with Crippen LogP contribution in [-0.4, -0.2) is 49.1 Å². The van der Waals surface area contributed by atoms with E-state index in [9.17, 15) is 22.4 Å². The fraction of sp³-hybridized carbons (Fsp3) is 0.500. The van der Waals surface area contributed by atoms with E-state index in [0.717, 1.165) is 12.1 Å². The van der Waals surface area contributed by atoms with E-state index in [1.54, 1.807) is 20.8 Å². The van der Waals surface area contributed by atoms with Gasteiger partial charge < -0.3 is 15.3 Å². The minimum absolute atomic E-state index is 0.0685. The molecule has 1 fully saturated rings. The highest BCUT2D eigenvalue weighted by atomic mass is 32.2. The number of carbonyl (C=O) groups is 2. The Balaban J connectivity index is 2.17. The summed E-state index contributed by atoms with van der Waals surface area (Å²) in [5.74, 6) is -2.53. The van der Waals surface area contributed by atoms with Crippen LogP contribution >= 0.6 is 0 Å². The molecule has 0 aromatic heterocycles. The molecule has 1 aliphatic rings. The molecule has 10 heteroatoms. The van der Waals surface area contributed by atoms with Crippen molar-refractivity contribution in [2.24, 2.45) is 5.92 Å². The molecule has 1 atom stereocenters. The Morgan fingerprint density at radius 3 is 2.50 bits per heavy atom. The SMILES string of the molecule is CC(C)(C)NS(=O)(=O)c1cc(NC(=O)N2CCC(C(=O)O)C2)ccc1F. The first kappa shape index (κ1) is 20.1. The molecule has 2 rings (SSSR count). The molecule has 1 saturated heterocycles. The number of aliphatic carboxylic acids is 1. The Labute approximate surface area is 151 Å². The molecule has 144 valence electrons. The van der Waals surface area contributed by atoms with Crippen molar-refractivity contribution in [3.05, 3.63) is 24.0 Å². The van der Waals surface area contributed by atoms with Crippen molar-refractivity contribution in [2.75, 3.05) is 18.4 Å². The minimum Gasteiger partial charge on any atom is -0.481 e. The van der Waals surface area contributed by atoms with Crippen LogP contribution in [-0.2, 0) is 14.8 Å². The molecular weight excluding hydrogens is 365 g/mol. The van der Waals surface area contributed by atoms with Gasteiger partial charge in [0.1, 0.15) is 10.7 Å². The molecule has 8 nitrogen and oxygen atoms in total. The Morgan fingerprint density at radius 1 is 1.31 bits per heavy atom. The Hall–Kier alpha value is -2.20. The summed E-state index contributed by atoms with van der Waals surface area (Å²) in [6.45, 7) is 5.22. The summed E-state index contributed by atoms with van der Waals surface area (Å²) in [6, 6.07) is 2.67. The van der Waals surface area contributed by atoms with E-state index in [0.29, 0.717) is 6.42 Å². The molecule has 2 amide bonds. The fourth-order valence-electron chi connectivity index (χ4n) is 2.59. The van der Waals surface area contributed by atoms with Crippen molar-refractivity contribution in [1.82, 2.24) is 9.62 Å². The molecule has 1 aromatic carbocycles. The van der Waals surface area contributed by atoms with Gasteiger partial charge in [0.25, 0.3) is 0 Å². The zero-order chi connectivity index (χ0) is 19.7. The van der Waals surface area contributed by atoms with Gasteiger partial charge in [-0.15, -0.1) is 0 Å². The number of anilines is 1. The van der Waals surface area contributed by atoms with Crippen molar-refractivity contribution < 1.29 is 27.5 Å². The van der Waals surface area contributed by atoms with Crippen molar-refractivity contribution >= 4 is 27.7 Å². The summed E-state index contributed by atoms with van der Waals surface area (Å²) < 4.78 is 41.0. The lowest BCUT2D eigenvalue weighted by molar-refractivity contribution is -0.141. The number of carbonyl (C=O) groups excluding carboxylic acids is 1. The van der Waals surface area contributed by atoms with Crippen LogP contribution in [0.1, 0.15) is 27.2 Å². The van der Waals surface area contributed by atoms with Gasteiger partial charge in [-0.1, -0.05) is 0 Å². The number of halogens is 1. The number of urea groups is 1. The maximum atomic E-state index is 14.0. The first-order valence-electron chi connectivity index (χ1n) is 8.01. The maximum absolute atomic E-state index is 14.0. The molecule has 0 bridgehead atoms. The highest BCUT2D eigenvalue weighted by Gasteiger charge is 2.31. The van der Waals surface area contributed by atoms with E-state index in [-0.39, 0.29) is 18.8 Å². The molecule has 0 radical (unpaired) electrons. The van der Waals surface area contributed by atoms with Gasteiger partial charge in [-0.2, -0.15) is 0 Å². The molecule has 0 spiro atoms. The number of amides is 2. The second kappa shape index (κ2) is 7.20. The third kappa shape index (κ3) is 4.92. The van der Waals surface area contributed by atoms with Crippen LogP contribution in [0.25, 0.3) is 0 Å². The van der Waals surface area contributed by atoms with E-state index < -0.39 is 44.2 Å². The number of likely N-dealkylation sites (tertiary alicyclic amines) is 1. The van der Waals surface area contributed by atoms with Gasteiger partial charge in [0.2, 0.25) is 10.0 Å². The normalized spacial score (nSPS) is 18.0. The van der Waals surface area contributed by atoms with Crippen LogP contribution in [0.15, 0.2) is 23.1 Å². The molecule has 1 unspecified atom stereocenters. The predicted molar refractivity (Wildman–Crippen MR) is 92.8 cm³/mol. The lowest BCUT2D eigenvalue weighted by Gasteiger charge is -2.21. The van der Waals surface area contributed by atoms with Crippen LogP contribution in [0, 0.1) is 11.7 Å². The van der Waals surface area contributed by atoms with Crippen LogP contribution in [0.5, 0.6) is 0 Å². The fourth-order valence-corrected chi connectivity index (χ4v) is 4.12. The second-order valence-electron chi connectivity index (χ2n) is 7.20. The van der Waals surface area contributed by atoms with Gasteiger partial charge in [0.05, 0.1) is 5.92 Å². The van der Waals surface area contributed by atoms with Crippen LogP contribution in [0.3, 0.4) is 0 Å². The van der Waals surface area contributed by atoms with Crippen molar-refractivity contribution in [1.29, 1.82) is 0 Å². The number of carboxylic acid groups (broad SMARTS) is 1. The molecule has 3 N–H and O–H groups in total. The van der Waals surface area contributed by atoms with E-state index in [2.05, 4.69) is 10.0 Å². The predicted octanol–water partition coefficient (Wildman–Crippen LogP) is 1.84. The number of nitrogens with zero attached hydrogens (tertiary/aromatic N) is 1. The van der Waals surface area contributed by atoms with E-state index in [4.69, 9.17) is 5.11 Å². The standard InChI is InChI=1S/C16H22FN3O5S/c1-16(2,3)19-26(24,25)13-8-11(4-5-12(13)17)18-15(23)20-7-6-10(9-20)14(21)22/h4-5,8,10,19H,6-7,9H2,1-3H3,(H,18,23)(H,21,22). The van der Waals surface area contributed by atoms with Crippen molar-refractivity contribution in [2.45, 2.75) is 37.6 Å². The average molecular weight is 387 g/mol. The summed E-state index contributed by atoms with van der Waals surface area (Å²) in [7, 11) is -4.11. The molecule has 26 heavy (non-hydrogen) atoms. The molecule has 1 aliphatic heterocycles. The van der Waals surface area contributed by atoms with E-state index in [1.165, 1.54) is 11.0 Å². The van der Waals surface area contributed by atoms with Gasteiger partial charge in [-0.3, -0.25) is 4.79 Å². The smallest absolute Gasteiger partial charge is 0.321 e.